The Labute approximate surface area is 126 Å². The van der Waals surface area contributed by atoms with Crippen molar-refractivity contribution in [1.29, 1.82) is 0 Å². The normalized spacial score (nSPS) is 24.9. The molecule has 1 heterocycles. The van der Waals surface area contributed by atoms with E-state index in [4.69, 9.17) is 9.47 Å². The summed E-state index contributed by atoms with van der Waals surface area (Å²) in [6.45, 7) is 4.78. The van der Waals surface area contributed by atoms with Crippen molar-refractivity contribution in [2.75, 3.05) is 32.8 Å². The number of β-amino-alcohol motifs (C(OH)–C–C–N with tert-alkyl or cyclic N) is 1. The molecule has 21 heavy (non-hydrogen) atoms. The van der Waals surface area contributed by atoms with Gasteiger partial charge in [0.25, 0.3) is 0 Å². The van der Waals surface area contributed by atoms with E-state index in [0.717, 1.165) is 12.1 Å². The quantitative estimate of drug-likeness (QED) is 0.773. The number of rotatable bonds is 7. The molecule has 0 aromatic heterocycles. The fourth-order valence-corrected chi connectivity index (χ4v) is 2.63. The summed E-state index contributed by atoms with van der Waals surface area (Å²) in [6, 6.07) is 9.91. The summed E-state index contributed by atoms with van der Waals surface area (Å²) >= 11 is 0. The van der Waals surface area contributed by atoms with Crippen LogP contribution in [0.3, 0.4) is 0 Å². The Kier molecular flexibility index (Phi) is 6.60. The minimum absolute atomic E-state index is 0.0153. The van der Waals surface area contributed by atoms with Gasteiger partial charge >= 0.3 is 0 Å². The smallest absolute Gasteiger partial charge is 0.0936 e. The first-order chi connectivity index (χ1) is 10.2. The third kappa shape index (κ3) is 5.73. The van der Waals surface area contributed by atoms with Crippen LogP contribution in [0.1, 0.15) is 12.5 Å². The highest BCUT2D eigenvalue weighted by Crippen LogP contribution is 2.11. The van der Waals surface area contributed by atoms with Gasteiger partial charge in [-0.05, 0) is 12.5 Å². The average molecular weight is 295 g/mol. The first kappa shape index (κ1) is 16.4. The molecule has 2 N–H and O–H groups in total. The lowest BCUT2D eigenvalue weighted by atomic mass is 10.2. The molecule has 5 nitrogen and oxygen atoms in total. The molecule has 0 radical (unpaired) electrons. The molecule has 0 spiro atoms. The van der Waals surface area contributed by atoms with Crippen LogP contribution < -0.4 is 0 Å². The maximum absolute atomic E-state index is 10.1. The lowest BCUT2D eigenvalue weighted by Crippen LogP contribution is -2.50. The van der Waals surface area contributed by atoms with E-state index in [0.29, 0.717) is 26.3 Å². The molecule has 1 aliphatic rings. The summed E-state index contributed by atoms with van der Waals surface area (Å²) in [5.41, 5.74) is 1.10. The molecular weight excluding hydrogens is 270 g/mol. The first-order valence-corrected chi connectivity index (χ1v) is 7.45. The zero-order valence-corrected chi connectivity index (χ0v) is 12.5. The molecule has 1 fully saturated rings. The maximum Gasteiger partial charge on any atom is 0.0936 e. The number of nitrogens with zero attached hydrogens (tertiary/aromatic N) is 1. The largest absolute Gasteiger partial charge is 0.394 e. The molecule has 3 unspecified atom stereocenters. The van der Waals surface area contributed by atoms with Gasteiger partial charge in [0, 0.05) is 19.6 Å². The summed E-state index contributed by atoms with van der Waals surface area (Å²) in [4.78, 5) is 2.12. The number of morpholine rings is 1. The number of hydrogen-bond acceptors (Lipinski definition) is 5. The van der Waals surface area contributed by atoms with Gasteiger partial charge in [-0.25, -0.2) is 0 Å². The highest BCUT2D eigenvalue weighted by molar-refractivity contribution is 5.13. The Balaban J connectivity index is 1.68. The van der Waals surface area contributed by atoms with E-state index in [1.807, 2.05) is 37.3 Å². The number of aliphatic hydroxyl groups excluding tert-OH is 2. The first-order valence-electron chi connectivity index (χ1n) is 7.45. The molecule has 0 amide bonds. The summed E-state index contributed by atoms with van der Waals surface area (Å²) in [6.07, 6.45) is -0.613. The van der Waals surface area contributed by atoms with Crippen molar-refractivity contribution < 1.29 is 19.7 Å². The van der Waals surface area contributed by atoms with Crippen LogP contribution in [0, 0.1) is 0 Å². The molecule has 0 aliphatic carbocycles. The van der Waals surface area contributed by atoms with Crippen LogP contribution in [0.2, 0.25) is 0 Å². The third-order valence-corrected chi connectivity index (χ3v) is 3.50. The van der Waals surface area contributed by atoms with Crippen molar-refractivity contribution in [2.24, 2.45) is 0 Å². The topological polar surface area (TPSA) is 62.2 Å². The minimum Gasteiger partial charge on any atom is -0.394 e. The molecule has 5 heteroatoms. The van der Waals surface area contributed by atoms with E-state index >= 15 is 0 Å². The molecule has 1 saturated heterocycles. The van der Waals surface area contributed by atoms with Gasteiger partial charge in [0.05, 0.1) is 38.1 Å². The summed E-state index contributed by atoms with van der Waals surface area (Å²) in [7, 11) is 0. The van der Waals surface area contributed by atoms with Gasteiger partial charge in [-0.3, -0.25) is 4.90 Å². The lowest BCUT2D eigenvalue weighted by molar-refractivity contribution is -0.105. The standard InChI is InChI=1S/C16H25NO4/c1-13-7-17(9-16(10-18)21-13)8-15(19)12-20-11-14-5-3-2-4-6-14/h2-6,13,15-16,18-19H,7-12H2,1H3. The molecule has 2 rings (SSSR count). The number of ether oxygens (including phenoxy) is 2. The van der Waals surface area contributed by atoms with Crippen molar-refractivity contribution in [3.63, 3.8) is 0 Å². The van der Waals surface area contributed by atoms with Crippen LogP contribution in [-0.4, -0.2) is 66.3 Å². The average Bonchev–Trinajstić information content (AvgIpc) is 2.47. The molecule has 3 atom stereocenters. The highest BCUT2D eigenvalue weighted by atomic mass is 16.5. The van der Waals surface area contributed by atoms with E-state index in [9.17, 15) is 10.2 Å². The second-order valence-electron chi connectivity index (χ2n) is 5.62. The van der Waals surface area contributed by atoms with Crippen LogP contribution in [-0.2, 0) is 16.1 Å². The van der Waals surface area contributed by atoms with Crippen molar-refractivity contribution in [2.45, 2.75) is 31.8 Å². The molecule has 118 valence electrons. The highest BCUT2D eigenvalue weighted by Gasteiger charge is 2.25. The van der Waals surface area contributed by atoms with Gasteiger partial charge in [0.2, 0.25) is 0 Å². The Bertz CT molecular complexity index is 401. The van der Waals surface area contributed by atoms with E-state index in [1.54, 1.807) is 0 Å². The Morgan fingerprint density at radius 2 is 2.10 bits per heavy atom. The Morgan fingerprint density at radius 3 is 2.81 bits per heavy atom. The van der Waals surface area contributed by atoms with Gasteiger partial charge < -0.3 is 19.7 Å². The molecule has 1 aromatic carbocycles. The number of hydrogen-bond donors (Lipinski definition) is 2. The minimum atomic E-state index is -0.529. The van der Waals surface area contributed by atoms with Crippen LogP contribution >= 0.6 is 0 Å². The van der Waals surface area contributed by atoms with Crippen molar-refractivity contribution >= 4 is 0 Å². The molecule has 0 bridgehead atoms. The van der Waals surface area contributed by atoms with Crippen molar-refractivity contribution in [1.82, 2.24) is 4.90 Å². The fourth-order valence-electron chi connectivity index (χ4n) is 2.63. The van der Waals surface area contributed by atoms with E-state index < -0.39 is 6.10 Å². The van der Waals surface area contributed by atoms with E-state index in [2.05, 4.69) is 4.90 Å². The number of aliphatic hydroxyl groups is 2. The maximum atomic E-state index is 10.1. The van der Waals surface area contributed by atoms with Gasteiger partial charge in [-0.2, -0.15) is 0 Å². The van der Waals surface area contributed by atoms with Gasteiger partial charge in [0.1, 0.15) is 0 Å². The molecular formula is C16H25NO4. The van der Waals surface area contributed by atoms with E-state index in [-0.39, 0.29) is 18.8 Å². The van der Waals surface area contributed by atoms with Crippen LogP contribution in [0.5, 0.6) is 0 Å². The summed E-state index contributed by atoms with van der Waals surface area (Å²) in [5.74, 6) is 0. The zero-order valence-electron chi connectivity index (χ0n) is 12.5. The second kappa shape index (κ2) is 8.46. The van der Waals surface area contributed by atoms with Crippen molar-refractivity contribution in [3.05, 3.63) is 35.9 Å². The zero-order chi connectivity index (χ0) is 15.1. The Morgan fingerprint density at radius 1 is 1.33 bits per heavy atom. The predicted octanol–water partition coefficient (Wildman–Crippen LogP) is 0.646. The predicted molar refractivity (Wildman–Crippen MR) is 80.0 cm³/mol. The van der Waals surface area contributed by atoms with Gasteiger partial charge in [0.15, 0.2) is 0 Å². The number of benzene rings is 1. The fraction of sp³-hybridized carbons (Fsp3) is 0.625. The summed E-state index contributed by atoms with van der Waals surface area (Å²) in [5, 5.41) is 19.2. The monoisotopic (exact) mass is 295 g/mol. The molecule has 1 aliphatic heterocycles. The van der Waals surface area contributed by atoms with Crippen LogP contribution in [0.15, 0.2) is 30.3 Å². The van der Waals surface area contributed by atoms with Gasteiger partial charge in [-0.1, -0.05) is 30.3 Å². The van der Waals surface area contributed by atoms with Crippen LogP contribution in [0.4, 0.5) is 0 Å². The van der Waals surface area contributed by atoms with E-state index in [1.165, 1.54) is 0 Å². The van der Waals surface area contributed by atoms with Crippen LogP contribution in [0.25, 0.3) is 0 Å². The molecule has 1 aromatic rings. The van der Waals surface area contributed by atoms with Crippen molar-refractivity contribution in [3.8, 4) is 0 Å². The third-order valence-electron chi connectivity index (χ3n) is 3.50. The molecule has 0 saturated carbocycles. The lowest BCUT2D eigenvalue weighted by Gasteiger charge is -2.36. The Hall–Kier alpha value is -0.980. The summed E-state index contributed by atoms with van der Waals surface area (Å²) < 4.78 is 11.1. The van der Waals surface area contributed by atoms with Gasteiger partial charge in [-0.15, -0.1) is 0 Å². The SMILES string of the molecule is CC1CN(CC(O)COCc2ccccc2)CC(CO)O1. The second-order valence-corrected chi connectivity index (χ2v) is 5.62.